The van der Waals surface area contributed by atoms with E-state index in [1.807, 2.05) is 0 Å². The van der Waals surface area contributed by atoms with E-state index in [-0.39, 0.29) is 18.1 Å². The molecule has 0 radical (unpaired) electrons. The van der Waals surface area contributed by atoms with Crippen molar-refractivity contribution >= 4 is 28.4 Å². The van der Waals surface area contributed by atoms with Crippen molar-refractivity contribution in [2.24, 2.45) is 0 Å². The number of rotatable bonds is 3. The van der Waals surface area contributed by atoms with Crippen molar-refractivity contribution < 1.29 is 9.59 Å². The minimum atomic E-state index is -0.189. The zero-order valence-electron chi connectivity index (χ0n) is 7.33. The lowest BCUT2D eigenvalue weighted by Gasteiger charge is -1.91. The fourth-order valence-electron chi connectivity index (χ4n) is 0.750. The van der Waals surface area contributed by atoms with Crippen molar-refractivity contribution in [2.45, 2.75) is 20.3 Å². The molecule has 13 heavy (non-hydrogen) atoms. The third-order valence-electron chi connectivity index (χ3n) is 1.16. The van der Waals surface area contributed by atoms with Gasteiger partial charge in [-0.3, -0.25) is 9.59 Å². The van der Waals surface area contributed by atoms with Gasteiger partial charge in [-0.25, -0.2) is 4.98 Å². The standard InChI is InChI=1S/C7H9N3O2S/c1-4(11)3-6-9-7(13-10-6)8-5(2)12/h3H2,1-2H3,(H,8,9,10,12). The first-order chi connectivity index (χ1) is 6.08. The third-order valence-corrected chi connectivity index (χ3v) is 1.83. The highest BCUT2D eigenvalue weighted by Crippen LogP contribution is 2.10. The Hall–Kier alpha value is -1.30. The van der Waals surface area contributed by atoms with Gasteiger partial charge in [0, 0.05) is 18.5 Å². The lowest BCUT2D eigenvalue weighted by Crippen LogP contribution is -2.05. The molecule has 0 aliphatic rings. The Morgan fingerprint density at radius 1 is 1.46 bits per heavy atom. The SMILES string of the molecule is CC(=O)Cc1nsc(NC(C)=O)n1. The van der Waals surface area contributed by atoms with Crippen LogP contribution in [0.3, 0.4) is 0 Å². The highest BCUT2D eigenvalue weighted by atomic mass is 32.1. The van der Waals surface area contributed by atoms with E-state index in [1.165, 1.54) is 13.8 Å². The number of nitrogens with one attached hydrogen (secondary N) is 1. The molecule has 6 heteroatoms. The van der Waals surface area contributed by atoms with E-state index in [1.54, 1.807) is 0 Å². The number of carbonyl (C=O) groups excluding carboxylic acids is 2. The second kappa shape index (κ2) is 4.08. The lowest BCUT2D eigenvalue weighted by molar-refractivity contribution is -0.116. The molecule has 0 atom stereocenters. The topological polar surface area (TPSA) is 72.0 Å². The van der Waals surface area contributed by atoms with Gasteiger partial charge in [0.05, 0.1) is 6.42 Å². The summed E-state index contributed by atoms with van der Waals surface area (Å²) in [6.45, 7) is 2.87. The number of hydrogen-bond donors (Lipinski definition) is 1. The van der Waals surface area contributed by atoms with Gasteiger partial charge in [-0.1, -0.05) is 0 Å². The van der Waals surface area contributed by atoms with E-state index in [9.17, 15) is 9.59 Å². The second-order valence-corrected chi connectivity index (χ2v) is 3.33. The summed E-state index contributed by atoms with van der Waals surface area (Å²) in [5.41, 5.74) is 0. The van der Waals surface area contributed by atoms with Gasteiger partial charge >= 0.3 is 0 Å². The minimum Gasteiger partial charge on any atom is -0.301 e. The molecule has 70 valence electrons. The van der Waals surface area contributed by atoms with Crippen LogP contribution in [0, 0.1) is 0 Å². The van der Waals surface area contributed by atoms with Crippen molar-refractivity contribution in [3.63, 3.8) is 0 Å². The van der Waals surface area contributed by atoms with Crippen LogP contribution in [0.15, 0.2) is 0 Å². The molecule has 0 saturated heterocycles. The number of Topliss-reactive ketones (excluding diaryl/α,β-unsaturated/α-hetero) is 1. The summed E-state index contributed by atoms with van der Waals surface area (Å²) in [6.07, 6.45) is 0.218. The van der Waals surface area contributed by atoms with Crippen LogP contribution in [0.5, 0.6) is 0 Å². The summed E-state index contributed by atoms with van der Waals surface area (Å²) in [6, 6.07) is 0. The van der Waals surface area contributed by atoms with Gasteiger partial charge in [-0.05, 0) is 6.92 Å². The van der Waals surface area contributed by atoms with Crippen molar-refractivity contribution in [3.8, 4) is 0 Å². The number of hydrogen-bond acceptors (Lipinski definition) is 5. The van der Waals surface area contributed by atoms with Crippen LogP contribution >= 0.6 is 11.5 Å². The van der Waals surface area contributed by atoms with Gasteiger partial charge in [0.1, 0.15) is 5.78 Å². The van der Waals surface area contributed by atoms with Crippen LogP contribution in [0.25, 0.3) is 0 Å². The maximum Gasteiger partial charge on any atom is 0.223 e. The van der Waals surface area contributed by atoms with Crippen molar-refractivity contribution in [1.82, 2.24) is 9.36 Å². The first-order valence-electron chi connectivity index (χ1n) is 3.67. The number of anilines is 1. The second-order valence-electron chi connectivity index (χ2n) is 2.58. The summed E-state index contributed by atoms with van der Waals surface area (Å²) < 4.78 is 3.90. The van der Waals surface area contributed by atoms with Crippen LogP contribution in [0.1, 0.15) is 19.7 Å². The van der Waals surface area contributed by atoms with Gasteiger partial charge < -0.3 is 5.32 Å². The Labute approximate surface area is 79.3 Å². The normalized spacial score (nSPS) is 9.69. The van der Waals surface area contributed by atoms with Gasteiger partial charge in [0.15, 0.2) is 5.82 Å². The van der Waals surface area contributed by atoms with E-state index < -0.39 is 0 Å². The Morgan fingerprint density at radius 2 is 2.15 bits per heavy atom. The summed E-state index contributed by atoms with van der Waals surface area (Å²) in [5.74, 6) is 0.277. The first kappa shape index (κ1) is 9.79. The largest absolute Gasteiger partial charge is 0.301 e. The van der Waals surface area contributed by atoms with Crippen LogP contribution in [0.2, 0.25) is 0 Å². The smallest absolute Gasteiger partial charge is 0.223 e. The number of nitrogens with zero attached hydrogens (tertiary/aromatic N) is 2. The Bertz CT molecular complexity index is 304. The predicted molar refractivity (Wildman–Crippen MR) is 48.6 cm³/mol. The maximum atomic E-state index is 10.7. The molecule has 0 spiro atoms. The highest BCUT2D eigenvalue weighted by Gasteiger charge is 2.06. The Balaban J connectivity index is 2.63. The average molecular weight is 199 g/mol. The molecular formula is C7H9N3O2S. The summed E-state index contributed by atoms with van der Waals surface area (Å²) in [4.78, 5) is 25.2. The molecule has 1 rings (SSSR count). The van der Waals surface area contributed by atoms with E-state index in [4.69, 9.17) is 0 Å². The molecule has 1 amide bonds. The van der Waals surface area contributed by atoms with E-state index >= 15 is 0 Å². The monoisotopic (exact) mass is 199 g/mol. The van der Waals surface area contributed by atoms with Gasteiger partial charge in [0.25, 0.3) is 0 Å². The number of ketones is 1. The molecule has 0 aliphatic carbocycles. The van der Waals surface area contributed by atoms with Crippen molar-refractivity contribution in [2.75, 3.05) is 5.32 Å². The maximum absolute atomic E-state index is 10.7. The molecule has 0 saturated carbocycles. The summed E-state index contributed by atoms with van der Waals surface area (Å²) >= 11 is 1.07. The average Bonchev–Trinajstić information content (AvgIpc) is 2.33. The summed E-state index contributed by atoms with van der Waals surface area (Å²) in [5, 5.41) is 2.93. The van der Waals surface area contributed by atoms with Crippen molar-refractivity contribution in [3.05, 3.63) is 5.82 Å². The van der Waals surface area contributed by atoms with E-state index in [0.29, 0.717) is 11.0 Å². The summed E-state index contributed by atoms with van der Waals surface area (Å²) in [7, 11) is 0. The first-order valence-corrected chi connectivity index (χ1v) is 4.45. The van der Waals surface area contributed by atoms with Crippen LogP contribution < -0.4 is 5.32 Å². The van der Waals surface area contributed by atoms with E-state index in [0.717, 1.165) is 11.5 Å². The lowest BCUT2D eigenvalue weighted by atomic mass is 10.3. The molecule has 1 aromatic heterocycles. The van der Waals surface area contributed by atoms with Crippen molar-refractivity contribution in [1.29, 1.82) is 0 Å². The quantitative estimate of drug-likeness (QED) is 0.774. The zero-order valence-corrected chi connectivity index (χ0v) is 8.14. The highest BCUT2D eigenvalue weighted by molar-refractivity contribution is 7.09. The van der Waals surface area contributed by atoms with Crippen LogP contribution in [-0.2, 0) is 16.0 Å². The molecule has 1 heterocycles. The molecule has 1 N–H and O–H groups in total. The zero-order chi connectivity index (χ0) is 9.84. The van der Waals surface area contributed by atoms with E-state index in [2.05, 4.69) is 14.7 Å². The number of amides is 1. The molecule has 0 unspecified atom stereocenters. The fourth-order valence-corrected chi connectivity index (χ4v) is 1.38. The van der Waals surface area contributed by atoms with Crippen LogP contribution in [0.4, 0.5) is 5.13 Å². The molecule has 0 aromatic carbocycles. The molecule has 0 bridgehead atoms. The van der Waals surface area contributed by atoms with Gasteiger partial charge in [-0.2, -0.15) is 4.37 Å². The number of aromatic nitrogens is 2. The molecule has 0 aliphatic heterocycles. The molecule has 0 fully saturated rings. The number of carbonyl (C=O) groups is 2. The van der Waals surface area contributed by atoms with Gasteiger partial charge in [-0.15, -0.1) is 0 Å². The predicted octanol–water partition coefficient (Wildman–Crippen LogP) is 0.628. The Kier molecular flexibility index (Phi) is 3.07. The van der Waals surface area contributed by atoms with Gasteiger partial charge in [0.2, 0.25) is 11.0 Å². The third kappa shape index (κ3) is 3.29. The molecule has 5 nitrogen and oxygen atoms in total. The molecular weight excluding hydrogens is 190 g/mol. The minimum absolute atomic E-state index is 0.00664. The fraction of sp³-hybridized carbons (Fsp3) is 0.429. The molecule has 1 aromatic rings. The Morgan fingerprint density at radius 3 is 2.69 bits per heavy atom. The van der Waals surface area contributed by atoms with Crippen LogP contribution in [-0.4, -0.2) is 21.0 Å².